The Morgan fingerprint density at radius 1 is 1.40 bits per heavy atom. The standard InChI is InChI=1S/C9H10O5S/c1-2-5-14-15(12,13)9-4-3-7(10)6-8(9)11/h2-4,6,10-11H,1,5H2. The zero-order chi connectivity index (χ0) is 11.5. The van der Waals surface area contributed by atoms with Gasteiger partial charge in [-0.15, -0.1) is 6.58 Å². The predicted octanol–water partition coefficient (Wildman–Crippen LogP) is 0.989. The Kier molecular flexibility index (Phi) is 3.33. The van der Waals surface area contributed by atoms with Crippen LogP contribution in [0.25, 0.3) is 0 Å². The lowest BCUT2D eigenvalue weighted by atomic mass is 10.3. The van der Waals surface area contributed by atoms with E-state index in [1.165, 1.54) is 6.08 Å². The molecule has 0 unspecified atom stereocenters. The van der Waals surface area contributed by atoms with E-state index in [1.54, 1.807) is 0 Å². The molecule has 0 saturated carbocycles. The maximum absolute atomic E-state index is 11.4. The van der Waals surface area contributed by atoms with Gasteiger partial charge in [0.15, 0.2) is 0 Å². The van der Waals surface area contributed by atoms with Crippen LogP contribution < -0.4 is 0 Å². The first-order valence-corrected chi connectivity index (χ1v) is 5.40. The van der Waals surface area contributed by atoms with Crippen molar-refractivity contribution < 1.29 is 22.8 Å². The van der Waals surface area contributed by atoms with Gasteiger partial charge in [0, 0.05) is 6.07 Å². The van der Waals surface area contributed by atoms with Crippen LogP contribution in [0.5, 0.6) is 11.5 Å². The molecule has 0 aromatic heterocycles. The highest BCUT2D eigenvalue weighted by atomic mass is 32.2. The average molecular weight is 230 g/mol. The lowest BCUT2D eigenvalue weighted by molar-refractivity contribution is 0.352. The molecule has 0 spiro atoms. The van der Waals surface area contributed by atoms with E-state index in [-0.39, 0.29) is 17.3 Å². The van der Waals surface area contributed by atoms with Crippen molar-refractivity contribution in [3.63, 3.8) is 0 Å². The quantitative estimate of drug-likeness (QED) is 0.595. The Morgan fingerprint density at radius 2 is 2.07 bits per heavy atom. The highest BCUT2D eigenvalue weighted by molar-refractivity contribution is 7.86. The van der Waals surface area contributed by atoms with Crippen LogP contribution in [0.1, 0.15) is 0 Å². The third-order valence-electron chi connectivity index (χ3n) is 1.55. The van der Waals surface area contributed by atoms with Gasteiger partial charge < -0.3 is 10.2 Å². The number of phenolic OH excluding ortho intramolecular Hbond substituents is 2. The van der Waals surface area contributed by atoms with E-state index in [9.17, 15) is 13.5 Å². The molecule has 5 nitrogen and oxygen atoms in total. The number of phenols is 2. The van der Waals surface area contributed by atoms with Gasteiger partial charge in [0.25, 0.3) is 0 Å². The zero-order valence-electron chi connectivity index (χ0n) is 7.75. The largest absolute Gasteiger partial charge is 0.508 e. The summed E-state index contributed by atoms with van der Waals surface area (Å²) in [6, 6.07) is 3.12. The van der Waals surface area contributed by atoms with Crippen LogP contribution in [0.2, 0.25) is 0 Å². The summed E-state index contributed by atoms with van der Waals surface area (Å²) in [6.45, 7) is 3.12. The molecule has 1 aromatic carbocycles. The van der Waals surface area contributed by atoms with Crippen molar-refractivity contribution in [2.45, 2.75) is 4.90 Å². The van der Waals surface area contributed by atoms with Crippen LogP contribution >= 0.6 is 0 Å². The molecule has 1 aromatic rings. The van der Waals surface area contributed by atoms with E-state index in [0.717, 1.165) is 18.2 Å². The Balaban J connectivity index is 3.10. The van der Waals surface area contributed by atoms with E-state index in [2.05, 4.69) is 10.8 Å². The normalized spacial score (nSPS) is 11.2. The summed E-state index contributed by atoms with van der Waals surface area (Å²) in [5.41, 5.74) is 0. The predicted molar refractivity (Wildman–Crippen MR) is 53.1 cm³/mol. The molecule has 2 N–H and O–H groups in total. The van der Waals surface area contributed by atoms with Crippen LogP contribution in [0, 0.1) is 0 Å². The topological polar surface area (TPSA) is 83.8 Å². The summed E-state index contributed by atoms with van der Waals surface area (Å²) >= 11 is 0. The third kappa shape index (κ3) is 2.71. The van der Waals surface area contributed by atoms with Gasteiger partial charge >= 0.3 is 10.1 Å². The summed E-state index contributed by atoms with van der Waals surface area (Å²) in [7, 11) is -4.00. The van der Waals surface area contributed by atoms with Crippen LogP contribution in [0.4, 0.5) is 0 Å². The van der Waals surface area contributed by atoms with Gasteiger partial charge in [-0.3, -0.25) is 4.18 Å². The average Bonchev–Trinajstić information content (AvgIpc) is 2.14. The lowest BCUT2D eigenvalue weighted by Gasteiger charge is -2.05. The molecule has 0 saturated heterocycles. The Morgan fingerprint density at radius 3 is 2.60 bits per heavy atom. The summed E-state index contributed by atoms with van der Waals surface area (Å²) in [5, 5.41) is 18.2. The second kappa shape index (κ2) is 4.33. The Bertz CT molecular complexity index is 463. The fourth-order valence-corrected chi connectivity index (χ4v) is 1.87. The van der Waals surface area contributed by atoms with E-state index >= 15 is 0 Å². The maximum Gasteiger partial charge on any atom is 0.300 e. The molecule has 82 valence electrons. The molecule has 0 bridgehead atoms. The Hall–Kier alpha value is -1.53. The number of hydrogen-bond acceptors (Lipinski definition) is 5. The molecule has 0 aliphatic rings. The van der Waals surface area contributed by atoms with E-state index < -0.39 is 15.9 Å². The maximum atomic E-state index is 11.4. The molecule has 0 aliphatic carbocycles. The SMILES string of the molecule is C=CCOS(=O)(=O)c1ccc(O)cc1O. The van der Waals surface area contributed by atoms with Crippen molar-refractivity contribution in [1.82, 2.24) is 0 Å². The van der Waals surface area contributed by atoms with Gasteiger partial charge in [-0.2, -0.15) is 8.42 Å². The van der Waals surface area contributed by atoms with Crippen LogP contribution in [0.15, 0.2) is 35.7 Å². The highest BCUT2D eigenvalue weighted by Gasteiger charge is 2.19. The minimum atomic E-state index is -4.00. The molecule has 0 amide bonds. The van der Waals surface area contributed by atoms with Crippen LogP contribution in [0.3, 0.4) is 0 Å². The number of benzene rings is 1. The number of rotatable bonds is 4. The minimum Gasteiger partial charge on any atom is -0.508 e. The molecule has 6 heteroatoms. The molecule has 1 rings (SSSR count). The first-order valence-electron chi connectivity index (χ1n) is 3.99. The number of hydrogen-bond donors (Lipinski definition) is 2. The summed E-state index contributed by atoms with van der Waals surface area (Å²) < 4.78 is 27.3. The van der Waals surface area contributed by atoms with Gasteiger partial charge in [0.1, 0.15) is 16.4 Å². The van der Waals surface area contributed by atoms with E-state index in [0.29, 0.717) is 0 Å². The first kappa shape index (κ1) is 11.5. The van der Waals surface area contributed by atoms with Gasteiger partial charge in [-0.05, 0) is 12.1 Å². The van der Waals surface area contributed by atoms with Crippen molar-refractivity contribution in [2.24, 2.45) is 0 Å². The summed E-state index contributed by atoms with van der Waals surface area (Å²) in [4.78, 5) is -0.387. The van der Waals surface area contributed by atoms with Gasteiger partial charge in [-0.1, -0.05) is 6.08 Å². The van der Waals surface area contributed by atoms with Gasteiger partial charge in [0.2, 0.25) is 0 Å². The second-order valence-corrected chi connectivity index (χ2v) is 4.26. The molecule has 0 fully saturated rings. The monoisotopic (exact) mass is 230 g/mol. The molecule has 0 radical (unpaired) electrons. The molecular weight excluding hydrogens is 220 g/mol. The first-order chi connectivity index (χ1) is 6.97. The van der Waals surface area contributed by atoms with Crippen LogP contribution in [-0.2, 0) is 14.3 Å². The third-order valence-corrected chi connectivity index (χ3v) is 2.88. The van der Waals surface area contributed by atoms with Crippen molar-refractivity contribution in [2.75, 3.05) is 6.61 Å². The van der Waals surface area contributed by atoms with E-state index in [1.807, 2.05) is 0 Å². The van der Waals surface area contributed by atoms with Crippen molar-refractivity contribution in [3.8, 4) is 11.5 Å². The lowest BCUT2D eigenvalue weighted by Crippen LogP contribution is -2.06. The van der Waals surface area contributed by atoms with Crippen molar-refractivity contribution in [1.29, 1.82) is 0 Å². The van der Waals surface area contributed by atoms with Crippen molar-refractivity contribution in [3.05, 3.63) is 30.9 Å². The summed E-state index contributed by atoms with van der Waals surface area (Å²) in [5.74, 6) is -0.783. The molecule has 0 heterocycles. The smallest absolute Gasteiger partial charge is 0.300 e. The fourth-order valence-electron chi connectivity index (χ4n) is 0.918. The van der Waals surface area contributed by atoms with E-state index in [4.69, 9.17) is 5.11 Å². The fraction of sp³-hybridized carbons (Fsp3) is 0.111. The summed E-state index contributed by atoms with van der Waals surface area (Å²) in [6.07, 6.45) is 1.27. The molecule has 0 atom stereocenters. The van der Waals surface area contributed by atoms with Gasteiger partial charge in [-0.25, -0.2) is 0 Å². The van der Waals surface area contributed by atoms with Gasteiger partial charge in [0.05, 0.1) is 6.61 Å². The minimum absolute atomic E-state index is 0.178. The number of aromatic hydroxyl groups is 2. The molecule has 15 heavy (non-hydrogen) atoms. The molecular formula is C9H10O5S. The Labute approximate surface area is 87.4 Å². The second-order valence-electron chi connectivity index (χ2n) is 2.68. The van der Waals surface area contributed by atoms with Crippen molar-refractivity contribution >= 4 is 10.1 Å². The molecule has 0 aliphatic heterocycles. The zero-order valence-corrected chi connectivity index (χ0v) is 8.57. The van der Waals surface area contributed by atoms with Crippen LogP contribution in [-0.4, -0.2) is 25.2 Å². The highest BCUT2D eigenvalue weighted by Crippen LogP contribution is 2.27.